The number of rotatable bonds is 28. The first-order valence-corrected chi connectivity index (χ1v) is 31.2. The van der Waals surface area contributed by atoms with E-state index in [0.29, 0.717) is 70.7 Å². The number of aromatic hydroxyl groups is 4. The number of aryl methyl sites for hydroxylation is 6. The van der Waals surface area contributed by atoms with E-state index in [1.54, 1.807) is 12.1 Å². The third-order valence-electron chi connectivity index (χ3n) is 15.3. The lowest BCUT2D eigenvalue weighted by Crippen LogP contribution is -2.24. The van der Waals surface area contributed by atoms with Gasteiger partial charge in [-0.1, -0.05) is 237 Å². The summed E-state index contributed by atoms with van der Waals surface area (Å²) < 4.78 is 0. The molecule has 2 unspecified atom stereocenters. The van der Waals surface area contributed by atoms with Crippen LogP contribution in [0.4, 0.5) is 11.4 Å². The average Bonchev–Trinajstić information content (AvgIpc) is 3.41. The van der Waals surface area contributed by atoms with Crippen LogP contribution in [0.25, 0.3) is 0 Å². The number of anilines is 2. The van der Waals surface area contributed by atoms with Crippen molar-refractivity contribution in [2.24, 2.45) is 11.8 Å². The molecule has 0 aliphatic heterocycles. The molecule has 5 aromatic rings. The minimum atomic E-state index is -0.209. The quantitative estimate of drug-likeness (QED) is 0.0218. The maximum Gasteiger partial charge on any atom is 0.227 e. The second-order valence-electron chi connectivity index (χ2n) is 22.2. The van der Waals surface area contributed by atoms with E-state index in [0.717, 1.165) is 71.0 Å². The van der Waals surface area contributed by atoms with Crippen molar-refractivity contribution in [3.63, 3.8) is 0 Å². The predicted octanol–water partition coefficient (Wildman–Crippen LogP) is 21.1. The first-order valence-electron chi connectivity index (χ1n) is 29.7. The molecule has 0 radical (unpaired) electrons. The third-order valence-corrected chi connectivity index (χ3v) is 16.8. The molecule has 0 spiro atoms. The van der Waals surface area contributed by atoms with E-state index in [4.69, 9.17) is 46.4 Å². The van der Waals surface area contributed by atoms with Gasteiger partial charge >= 0.3 is 0 Å². The molecule has 5 rings (SSSR count). The fourth-order valence-corrected chi connectivity index (χ4v) is 12.0. The number of carbonyl (C=O) groups excluding carboxylic acids is 2. The fourth-order valence-electron chi connectivity index (χ4n) is 10.6. The van der Waals surface area contributed by atoms with Gasteiger partial charge in [0.15, 0.2) is 11.5 Å². The zero-order valence-electron chi connectivity index (χ0n) is 50.4. The Bertz CT molecular complexity index is 2700. The van der Waals surface area contributed by atoms with Crippen molar-refractivity contribution < 1.29 is 30.0 Å². The van der Waals surface area contributed by atoms with Gasteiger partial charge in [0.05, 0.1) is 21.4 Å². The van der Waals surface area contributed by atoms with Gasteiger partial charge in [-0.15, -0.1) is 0 Å². The van der Waals surface area contributed by atoms with E-state index >= 15 is 0 Å². The van der Waals surface area contributed by atoms with Gasteiger partial charge in [-0.2, -0.15) is 0 Å². The minimum absolute atomic E-state index is 0.0104. The molecule has 5 aromatic carbocycles. The van der Waals surface area contributed by atoms with Gasteiger partial charge in [0.1, 0.15) is 11.5 Å². The van der Waals surface area contributed by atoms with Gasteiger partial charge < -0.3 is 31.1 Å². The highest BCUT2D eigenvalue weighted by molar-refractivity contribution is 6.38. The van der Waals surface area contributed by atoms with E-state index in [2.05, 4.69) is 89.4 Å². The largest absolute Gasteiger partial charge is 0.507 e. The summed E-state index contributed by atoms with van der Waals surface area (Å²) in [5.41, 5.74) is 11.4. The summed E-state index contributed by atoms with van der Waals surface area (Å²) in [6, 6.07) is 17.5. The smallest absolute Gasteiger partial charge is 0.227 e. The zero-order chi connectivity index (χ0) is 59.6. The molecule has 2 atom stereocenters. The molecule has 0 bridgehead atoms. The summed E-state index contributed by atoms with van der Waals surface area (Å²) in [6.45, 7) is 24.6. The van der Waals surface area contributed by atoms with Gasteiger partial charge in [-0.3, -0.25) is 9.59 Å². The van der Waals surface area contributed by atoms with E-state index in [-0.39, 0.29) is 56.6 Å². The molecule has 0 aliphatic rings. The molecule has 2 amide bonds. The molecular formula is C68H96Cl4N2O6. The number of unbranched alkanes of at least 4 members (excludes halogenated alkanes) is 13. The third kappa shape index (κ3) is 21.6. The summed E-state index contributed by atoms with van der Waals surface area (Å²) in [5, 5.41) is 48.8. The summed E-state index contributed by atoms with van der Waals surface area (Å²) in [4.78, 5) is 24.9. The molecular weight excluding hydrogens is 1080 g/mol. The van der Waals surface area contributed by atoms with Crippen molar-refractivity contribution >= 4 is 69.6 Å². The molecule has 0 aromatic heterocycles. The number of phenols is 4. The highest BCUT2D eigenvalue weighted by atomic mass is 35.5. The maximum absolute atomic E-state index is 12.7. The van der Waals surface area contributed by atoms with Crippen molar-refractivity contribution in [1.82, 2.24) is 0 Å². The standard InChI is InChI=1S/C24H39Cl2NO2.C23H32O2.C21H25Cl2NO2/c1-3-5-6-7-8-9-10-11-12-13-14-15-16-17-22(28)27-21-18-20(25)19(4-2)23(26)24(21)29;1-7-8-9-16(4)21(19-12-14(2)10-17(5)22(19)24)20-13-15(3)11-18(6)23(20)25;1-5-14(10-15-8-7-12(3)9-13(15)4)21(26)24-18-11-17(22)16(6-2)19(23)20(18)25/h18,29H,3-17H2,1-2H3,(H,27,28);10-13,16,21,24-25H,7-9H2,1-6H3;7-9,11,14,25H,5-6,10H2,1-4H3,(H,24,26). The first-order chi connectivity index (χ1) is 38.0. The Morgan fingerprint density at radius 3 is 1.35 bits per heavy atom. The van der Waals surface area contributed by atoms with Crippen LogP contribution in [0.5, 0.6) is 23.0 Å². The maximum atomic E-state index is 12.7. The summed E-state index contributed by atoms with van der Waals surface area (Å²) in [5.74, 6) is 0.324. The Kier molecular flexibility index (Phi) is 31.4. The van der Waals surface area contributed by atoms with Gasteiger partial charge in [-0.05, 0) is 131 Å². The molecule has 0 fully saturated rings. The molecule has 0 saturated carbocycles. The van der Waals surface area contributed by atoms with E-state index in [9.17, 15) is 30.0 Å². The Hall–Kier alpha value is -4.60. The minimum Gasteiger partial charge on any atom is -0.507 e. The number of phenolic OH excluding ortho intramolecular Hbond substituents is 4. The fraction of sp³-hybridized carbons (Fsp3) is 0.529. The van der Waals surface area contributed by atoms with Crippen LogP contribution >= 0.6 is 46.4 Å². The van der Waals surface area contributed by atoms with Crippen LogP contribution in [0.3, 0.4) is 0 Å². The van der Waals surface area contributed by atoms with Crippen LogP contribution in [0.15, 0.2) is 54.6 Å². The number of amides is 2. The number of hydrogen-bond donors (Lipinski definition) is 6. The van der Waals surface area contributed by atoms with E-state index in [1.165, 1.54) is 81.8 Å². The van der Waals surface area contributed by atoms with Crippen LogP contribution in [-0.2, 0) is 28.9 Å². The number of benzene rings is 5. The number of halogens is 4. The van der Waals surface area contributed by atoms with Crippen molar-refractivity contribution in [3.8, 4) is 23.0 Å². The Morgan fingerprint density at radius 1 is 0.500 bits per heavy atom. The molecule has 442 valence electrons. The predicted molar refractivity (Wildman–Crippen MR) is 342 cm³/mol. The lowest BCUT2D eigenvalue weighted by molar-refractivity contribution is -0.120. The average molecular weight is 1180 g/mol. The topological polar surface area (TPSA) is 139 Å². The molecule has 0 saturated heterocycles. The van der Waals surface area contributed by atoms with Gasteiger partial charge in [0, 0.05) is 39.4 Å². The van der Waals surface area contributed by atoms with Crippen LogP contribution in [0.1, 0.15) is 224 Å². The van der Waals surface area contributed by atoms with Crippen molar-refractivity contribution in [1.29, 1.82) is 0 Å². The Balaban J connectivity index is 0.000000316. The highest BCUT2D eigenvalue weighted by Crippen LogP contribution is 2.45. The first kappa shape index (κ1) is 69.7. The Labute approximate surface area is 501 Å². The number of carbonyl (C=O) groups is 2. The van der Waals surface area contributed by atoms with Gasteiger partial charge in [0.2, 0.25) is 11.8 Å². The summed E-state index contributed by atoms with van der Waals surface area (Å²) in [6.07, 6.45) is 23.0. The summed E-state index contributed by atoms with van der Waals surface area (Å²) >= 11 is 24.7. The van der Waals surface area contributed by atoms with Crippen LogP contribution < -0.4 is 10.6 Å². The van der Waals surface area contributed by atoms with Crippen LogP contribution in [0.2, 0.25) is 20.1 Å². The van der Waals surface area contributed by atoms with E-state index in [1.807, 2.05) is 46.8 Å². The van der Waals surface area contributed by atoms with Crippen molar-refractivity contribution in [2.75, 3.05) is 10.6 Å². The molecule has 0 heterocycles. The van der Waals surface area contributed by atoms with Crippen molar-refractivity contribution in [3.05, 3.63) is 136 Å². The molecule has 12 heteroatoms. The molecule has 8 nitrogen and oxygen atoms in total. The van der Waals surface area contributed by atoms with Crippen molar-refractivity contribution in [2.45, 2.75) is 224 Å². The van der Waals surface area contributed by atoms with E-state index < -0.39 is 0 Å². The SMILES string of the molecule is CCCCC(C)C(c1cc(C)cc(C)c1O)c1cc(C)cc(C)c1O.CCCCCCCCCCCCCCCC(=O)Nc1cc(Cl)c(CC)c(Cl)c1O.CCc1c(Cl)cc(NC(=O)C(CC)Cc2ccc(C)cc2C)c(O)c1Cl. The lowest BCUT2D eigenvalue weighted by Gasteiger charge is -2.28. The molecule has 6 N–H and O–H groups in total. The van der Waals surface area contributed by atoms with Gasteiger partial charge in [-0.25, -0.2) is 0 Å². The normalized spacial score (nSPS) is 11.9. The second kappa shape index (κ2) is 36.1. The lowest BCUT2D eigenvalue weighted by atomic mass is 9.77. The second-order valence-corrected chi connectivity index (χ2v) is 23.8. The number of hydrogen-bond acceptors (Lipinski definition) is 6. The molecule has 0 aliphatic carbocycles. The van der Waals surface area contributed by atoms with Crippen LogP contribution in [0, 0.1) is 53.4 Å². The monoisotopic (exact) mass is 1180 g/mol. The summed E-state index contributed by atoms with van der Waals surface area (Å²) in [7, 11) is 0. The van der Waals surface area contributed by atoms with Crippen LogP contribution in [-0.4, -0.2) is 32.2 Å². The zero-order valence-corrected chi connectivity index (χ0v) is 53.4. The highest BCUT2D eigenvalue weighted by Gasteiger charge is 2.28. The Morgan fingerprint density at radius 2 is 0.925 bits per heavy atom. The van der Waals surface area contributed by atoms with Gasteiger partial charge in [0.25, 0.3) is 0 Å². The number of nitrogens with one attached hydrogen (secondary N) is 2. The molecule has 80 heavy (non-hydrogen) atoms.